The fourth-order valence-corrected chi connectivity index (χ4v) is 1.56. The second-order valence-corrected chi connectivity index (χ2v) is 3.61. The molecule has 1 saturated heterocycles. The number of nitrogens with zero attached hydrogens (tertiary/aromatic N) is 1. The first-order chi connectivity index (χ1) is 6.24. The van der Waals surface area contributed by atoms with Crippen molar-refractivity contribution in [2.24, 2.45) is 0 Å². The largest absolute Gasteiger partial charge is 0.334 e. The number of hydrogen-bond donors (Lipinski definition) is 2. The van der Waals surface area contributed by atoms with E-state index in [1.165, 1.54) is 0 Å². The first-order valence-electron chi connectivity index (χ1n) is 4.94. The van der Waals surface area contributed by atoms with Crippen LogP contribution in [0, 0.1) is 0 Å². The first kappa shape index (κ1) is 10.3. The van der Waals surface area contributed by atoms with Gasteiger partial charge in [0.2, 0.25) is 0 Å². The summed E-state index contributed by atoms with van der Waals surface area (Å²) in [6.45, 7) is 4.81. The van der Waals surface area contributed by atoms with Crippen LogP contribution < -0.4 is 10.6 Å². The summed E-state index contributed by atoms with van der Waals surface area (Å²) in [7, 11) is 1.95. The summed E-state index contributed by atoms with van der Waals surface area (Å²) < 4.78 is 0. The van der Waals surface area contributed by atoms with Crippen molar-refractivity contribution in [1.82, 2.24) is 15.5 Å². The molecule has 4 nitrogen and oxygen atoms in total. The van der Waals surface area contributed by atoms with Gasteiger partial charge >= 0.3 is 6.03 Å². The molecule has 0 radical (unpaired) electrons. The number of hydrogen-bond acceptors (Lipinski definition) is 2. The van der Waals surface area contributed by atoms with E-state index in [1.807, 2.05) is 18.9 Å². The van der Waals surface area contributed by atoms with Crippen LogP contribution in [0.15, 0.2) is 0 Å². The number of urea groups is 1. The lowest BCUT2D eigenvalue weighted by Gasteiger charge is -2.13. The molecule has 1 atom stereocenters. The Kier molecular flexibility index (Phi) is 4.02. The second kappa shape index (κ2) is 5.07. The quantitative estimate of drug-likeness (QED) is 0.609. The SMILES string of the molecule is CNCCCCN1CC(C)NC1=O. The zero-order chi connectivity index (χ0) is 9.68. The molecule has 0 aromatic carbocycles. The van der Waals surface area contributed by atoms with E-state index in [1.54, 1.807) is 0 Å². The predicted molar refractivity (Wildman–Crippen MR) is 52.7 cm³/mol. The molecule has 2 amide bonds. The second-order valence-electron chi connectivity index (χ2n) is 3.61. The highest BCUT2D eigenvalue weighted by molar-refractivity contribution is 5.76. The highest BCUT2D eigenvalue weighted by atomic mass is 16.2. The van der Waals surface area contributed by atoms with Gasteiger partial charge in [-0.1, -0.05) is 0 Å². The number of rotatable bonds is 5. The van der Waals surface area contributed by atoms with Crippen LogP contribution in [-0.4, -0.2) is 43.7 Å². The van der Waals surface area contributed by atoms with Gasteiger partial charge in [-0.3, -0.25) is 0 Å². The van der Waals surface area contributed by atoms with Crippen molar-refractivity contribution in [3.63, 3.8) is 0 Å². The van der Waals surface area contributed by atoms with Crippen LogP contribution in [0.1, 0.15) is 19.8 Å². The molecule has 0 aliphatic carbocycles. The van der Waals surface area contributed by atoms with Crippen molar-refractivity contribution in [3.8, 4) is 0 Å². The molecule has 0 bridgehead atoms. The van der Waals surface area contributed by atoms with Gasteiger partial charge in [0.05, 0.1) is 0 Å². The molecule has 1 rings (SSSR count). The third-order valence-corrected chi connectivity index (χ3v) is 2.26. The Balaban J connectivity index is 2.11. The van der Waals surface area contributed by atoms with Gasteiger partial charge in [0, 0.05) is 19.1 Å². The van der Waals surface area contributed by atoms with Gasteiger partial charge in [-0.05, 0) is 33.4 Å². The van der Waals surface area contributed by atoms with Gasteiger partial charge in [-0.15, -0.1) is 0 Å². The highest BCUT2D eigenvalue weighted by Crippen LogP contribution is 2.04. The van der Waals surface area contributed by atoms with Crippen LogP contribution >= 0.6 is 0 Å². The third kappa shape index (κ3) is 3.22. The van der Waals surface area contributed by atoms with Gasteiger partial charge in [-0.25, -0.2) is 4.79 Å². The maximum Gasteiger partial charge on any atom is 0.317 e. The van der Waals surface area contributed by atoms with Crippen molar-refractivity contribution in [2.75, 3.05) is 26.7 Å². The van der Waals surface area contributed by atoms with E-state index in [2.05, 4.69) is 10.6 Å². The molecule has 1 heterocycles. The molecule has 0 spiro atoms. The van der Waals surface area contributed by atoms with Crippen molar-refractivity contribution in [1.29, 1.82) is 0 Å². The van der Waals surface area contributed by atoms with Crippen LogP contribution in [0.5, 0.6) is 0 Å². The smallest absolute Gasteiger partial charge is 0.317 e. The molecule has 13 heavy (non-hydrogen) atoms. The summed E-state index contributed by atoms with van der Waals surface area (Å²) in [6, 6.07) is 0.411. The zero-order valence-electron chi connectivity index (χ0n) is 8.47. The Morgan fingerprint density at radius 1 is 1.62 bits per heavy atom. The molecule has 4 heteroatoms. The van der Waals surface area contributed by atoms with Crippen LogP contribution in [0.2, 0.25) is 0 Å². The topological polar surface area (TPSA) is 44.4 Å². The van der Waals surface area contributed by atoms with Crippen molar-refractivity contribution in [3.05, 3.63) is 0 Å². The van der Waals surface area contributed by atoms with E-state index in [9.17, 15) is 4.79 Å². The van der Waals surface area contributed by atoms with E-state index in [4.69, 9.17) is 0 Å². The summed E-state index contributed by atoms with van der Waals surface area (Å²) in [5.74, 6) is 0. The van der Waals surface area contributed by atoms with Gasteiger partial charge in [-0.2, -0.15) is 0 Å². The van der Waals surface area contributed by atoms with Crippen molar-refractivity contribution >= 4 is 6.03 Å². The normalized spacial score (nSPS) is 22.2. The Bertz CT molecular complexity index is 172. The molecule has 0 aromatic heterocycles. The minimum atomic E-state index is 0.0944. The molecular weight excluding hydrogens is 166 g/mol. The minimum Gasteiger partial charge on any atom is -0.334 e. The van der Waals surface area contributed by atoms with Gasteiger partial charge in [0.1, 0.15) is 0 Å². The summed E-state index contributed by atoms with van der Waals surface area (Å²) in [4.78, 5) is 13.1. The molecule has 1 unspecified atom stereocenters. The summed E-state index contributed by atoms with van der Waals surface area (Å²) in [6.07, 6.45) is 2.22. The Morgan fingerprint density at radius 2 is 2.38 bits per heavy atom. The minimum absolute atomic E-state index is 0.0944. The van der Waals surface area contributed by atoms with Crippen molar-refractivity contribution in [2.45, 2.75) is 25.8 Å². The van der Waals surface area contributed by atoms with Gasteiger partial charge in [0.15, 0.2) is 0 Å². The fourth-order valence-electron chi connectivity index (χ4n) is 1.56. The first-order valence-corrected chi connectivity index (χ1v) is 4.94. The number of carbonyl (C=O) groups is 1. The van der Waals surface area contributed by atoms with E-state index in [0.717, 1.165) is 32.5 Å². The Hall–Kier alpha value is -0.770. The molecular formula is C9H19N3O. The Labute approximate surface area is 79.7 Å². The molecule has 0 saturated carbocycles. The lowest BCUT2D eigenvalue weighted by Crippen LogP contribution is -2.29. The zero-order valence-corrected chi connectivity index (χ0v) is 8.47. The van der Waals surface area contributed by atoms with Gasteiger partial charge in [0.25, 0.3) is 0 Å². The summed E-state index contributed by atoms with van der Waals surface area (Å²) in [5, 5.41) is 5.97. The monoisotopic (exact) mass is 185 g/mol. The number of carbonyl (C=O) groups excluding carboxylic acids is 1. The number of unbranched alkanes of at least 4 members (excludes halogenated alkanes) is 1. The van der Waals surface area contributed by atoms with Gasteiger partial charge < -0.3 is 15.5 Å². The van der Waals surface area contributed by atoms with Crippen LogP contribution in [0.3, 0.4) is 0 Å². The lowest BCUT2D eigenvalue weighted by molar-refractivity contribution is 0.216. The molecule has 1 aliphatic heterocycles. The highest BCUT2D eigenvalue weighted by Gasteiger charge is 2.24. The maximum atomic E-state index is 11.2. The average molecular weight is 185 g/mol. The average Bonchev–Trinajstić information content (AvgIpc) is 2.39. The third-order valence-electron chi connectivity index (χ3n) is 2.26. The van der Waals surface area contributed by atoms with Crippen LogP contribution in [0.4, 0.5) is 4.79 Å². The van der Waals surface area contributed by atoms with E-state index >= 15 is 0 Å². The molecule has 76 valence electrons. The van der Waals surface area contributed by atoms with Crippen molar-refractivity contribution < 1.29 is 4.79 Å². The number of amides is 2. The fraction of sp³-hybridized carbons (Fsp3) is 0.889. The van der Waals surface area contributed by atoms with E-state index in [0.29, 0.717) is 6.04 Å². The van der Waals surface area contributed by atoms with Crippen LogP contribution in [-0.2, 0) is 0 Å². The number of nitrogens with one attached hydrogen (secondary N) is 2. The van der Waals surface area contributed by atoms with E-state index in [-0.39, 0.29) is 6.03 Å². The van der Waals surface area contributed by atoms with Crippen LogP contribution in [0.25, 0.3) is 0 Å². The summed E-state index contributed by atoms with van der Waals surface area (Å²) in [5.41, 5.74) is 0. The lowest BCUT2D eigenvalue weighted by atomic mass is 10.3. The molecule has 1 fully saturated rings. The Morgan fingerprint density at radius 3 is 2.92 bits per heavy atom. The molecule has 0 aromatic rings. The standard InChI is InChI=1S/C9H19N3O/c1-8-7-12(9(13)11-8)6-4-3-5-10-2/h8,10H,3-7H2,1-2H3,(H,11,13). The summed E-state index contributed by atoms with van der Waals surface area (Å²) >= 11 is 0. The maximum absolute atomic E-state index is 11.2. The predicted octanol–water partition coefficient (Wildman–Crippen LogP) is 0.400. The molecule has 1 aliphatic rings. The van der Waals surface area contributed by atoms with E-state index < -0.39 is 0 Å². The molecule has 2 N–H and O–H groups in total.